The molecule has 5 heteroatoms. The topological polar surface area (TPSA) is 38.8 Å². The first kappa shape index (κ1) is 14.8. The Labute approximate surface area is 118 Å². The zero-order valence-electron chi connectivity index (χ0n) is 11.8. The first-order valence-electron chi connectivity index (χ1n) is 6.87. The van der Waals surface area contributed by atoms with Crippen LogP contribution in [0.2, 0.25) is 0 Å². The third-order valence-electron chi connectivity index (χ3n) is 3.18. The van der Waals surface area contributed by atoms with Crippen molar-refractivity contribution >= 4 is 5.91 Å². The summed E-state index contributed by atoms with van der Waals surface area (Å²) < 4.78 is 24.2. The number of morpholine rings is 1. The number of nitrogens with zero attached hydrogens (tertiary/aromatic N) is 1. The van der Waals surface area contributed by atoms with Gasteiger partial charge in [-0.25, -0.2) is 4.39 Å². The second kappa shape index (κ2) is 6.70. The van der Waals surface area contributed by atoms with Crippen molar-refractivity contribution in [3.05, 3.63) is 30.1 Å². The lowest BCUT2D eigenvalue weighted by Gasteiger charge is -2.35. The molecule has 0 N–H and O–H groups in total. The van der Waals surface area contributed by atoms with Gasteiger partial charge in [-0.2, -0.15) is 0 Å². The minimum absolute atomic E-state index is 0.0170. The molecule has 2 atom stereocenters. The summed E-state index contributed by atoms with van der Waals surface area (Å²) in [5, 5.41) is 0. The maximum absolute atomic E-state index is 13.3. The predicted octanol–water partition coefficient (Wildman–Crippen LogP) is 2.23. The van der Waals surface area contributed by atoms with Gasteiger partial charge in [0.1, 0.15) is 0 Å². The number of amides is 1. The molecule has 0 radical (unpaired) electrons. The fraction of sp³-hybridized carbons (Fsp3) is 0.533. The second-order valence-corrected chi connectivity index (χ2v) is 5.08. The van der Waals surface area contributed by atoms with E-state index in [0.29, 0.717) is 13.1 Å². The van der Waals surface area contributed by atoms with Crippen LogP contribution in [0.25, 0.3) is 0 Å². The van der Waals surface area contributed by atoms with Crippen LogP contribution in [0.1, 0.15) is 20.3 Å². The molecule has 1 amide bonds. The van der Waals surface area contributed by atoms with Crippen molar-refractivity contribution in [1.29, 1.82) is 0 Å². The van der Waals surface area contributed by atoms with Crippen LogP contribution in [-0.4, -0.2) is 42.7 Å². The number of carbonyl (C=O) groups excluding carboxylic acids is 1. The minimum Gasteiger partial charge on any atom is -0.490 e. The Balaban J connectivity index is 1.79. The van der Waals surface area contributed by atoms with Crippen molar-refractivity contribution in [2.24, 2.45) is 0 Å². The van der Waals surface area contributed by atoms with E-state index < -0.39 is 5.82 Å². The Morgan fingerprint density at radius 1 is 1.35 bits per heavy atom. The van der Waals surface area contributed by atoms with Crippen molar-refractivity contribution in [3.8, 4) is 5.75 Å². The van der Waals surface area contributed by atoms with Gasteiger partial charge in [-0.05, 0) is 26.0 Å². The Morgan fingerprint density at radius 3 is 2.65 bits per heavy atom. The van der Waals surface area contributed by atoms with Crippen molar-refractivity contribution in [2.45, 2.75) is 32.5 Å². The first-order chi connectivity index (χ1) is 9.56. The highest BCUT2D eigenvalue weighted by atomic mass is 19.1. The Hall–Kier alpha value is -1.62. The zero-order chi connectivity index (χ0) is 14.5. The van der Waals surface area contributed by atoms with E-state index in [4.69, 9.17) is 9.47 Å². The van der Waals surface area contributed by atoms with E-state index in [-0.39, 0.29) is 36.9 Å². The number of halogens is 1. The molecular weight excluding hydrogens is 261 g/mol. The molecule has 0 bridgehead atoms. The van der Waals surface area contributed by atoms with E-state index in [1.54, 1.807) is 23.1 Å². The molecule has 110 valence electrons. The van der Waals surface area contributed by atoms with E-state index in [1.807, 2.05) is 13.8 Å². The van der Waals surface area contributed by atoms with Crippen LogP contribution < -0.4 is 4.74 Å². The average molecular weight is 281 g/mol. The molecule has 0 unspecified atom stereocenters. The molecule has 0 aromatic heterocycles. The van der Waals surface area contributed by atoms with Gasteiger partial charge in [0, 0.05) is 13.1 Å². The van der Waals surface area contributed by atoms with E-state index in [9.17, 15) is 9.18 Å². The average Bonchev–Trinajstić information content (AvgIpc) is 2.39. The third-order valence-corrected chi connectivity index (χ3v) is 3.18. The molecule has 1 heterocycles. The van der Waals surface area contributed by atoms with Crippen LogP contribution in [0.15, 0.2) is 24.3 Å². The van der Waals surface area contributed by atoms with Gasteiger partial charge in [-0.3, -0.25) is 4.79 Å². The van der Waals surface area contributed by atoms with Crippen LogP contribution in [0.3, 0.4) is 0 Å². The maximum atomic E-state index is 13.3. The molecule has 1 aromatic rings. The fourth-order valence-corrected chi connectivity index (χ4v) is 2.35. The molecule has 4 nitrogen and oxygen atoms in total. The monoisotopic (exact) mass is 281 g/mol. The van der Waals surface area contributed by atoms with Crippen LogP contribution in [0, 0.1) is 5.82 Å². The van der Waals surface area contributed by atoms with Gasteiger partial charge in [0.15, 0.2) is 11.6 Å². The number of hydrogen-bond acceptors (Lipinski definition) is 3. The molecule has 1 aliphatic rings. The normalized spacial score (nSPS) is 22.6. The standard InChI is InChI=1S/C15H20FNO3/c1-11-9-17(10-12(2)20-11)15(18)7-8-19-14-6-4-3-5-13(14)16/h3-6,11-12H,7-10H2,1-2H3/t11-,12-/m1/s1. The van der Waals surface area contributed by atoms with Crippen molar-refractivity contribution in [2.75, 3.05) is 19.7 Å². The zero-order valence-corrected chi connectivity index (χ0v) is 11.8. The van der Waals surface area contributed by atoms with E-state index in [2.05, 4.69) is 0 Å². The summed E-state index contributed by atoms with van der Waals surface area (Å²) in [6.07, 6.45) is 0.346. The number of ether oxygens (including phenoxy) is 2. The highest BCUT2D eigenvalue weighted by Crippen LogP contribution is 2.16. The van der Waals surface area contributed by atoms with E-state index in [0.717, 1.165) is 0 Å². The molecule has 0 saturated carbocycles. The van der Waals surface area contributed by atoms with Gasteiger partial charge >= 0.3 is 0 Å². The number of para-hydroxylation sites is 1. The minimum atomic E-state index is -0.409. The molecule has 1 fully saturated rings. The smallest absolute Gasteiger partial charge is 0.226 e. The van der Waals surface area contributed by atoms with Crippen LogP contribution in [0.5, 0.6) is 5.75 Å². The lowest BCUT2D eigenvalue weighted by atomic mass is 10.2. The van der Waals surface area contributed by atoms with Gasteiger partial charge in [0.05, 0.1) is 25.2 Å². The van der Waals surface area contributed by atoms with Crippen LogP contribution in [0.4, 0.5) is 4.39 Å². The largest absolute Gasteiger partial charge is 0.490 e. The molecule has 0 spiro atoms. The Morgan fingerprint density at radius 2 is 2.00 bits per heavy atom. The first-order valence-corrected chi connectivity index (χ1v) is 6.87. The summed E-state index contributed by atoms with van der Waals surface area (Å²) >= 11 is 0. The summed E-state index contributed by atoms with van der Waals surface area (Å²) in [4.78, 5) is 13.8. The van der Waals surface area contributed by atoms with Crippen LogP contribution >= 0.6 is 0 Å². The second-order valence-electron chi connectivity index (χ2n) is 5.08. The number of hydrogen-bond donors (Lipinski definition) is 0. The van der Waals surface area contributed by atoms with Gasteiger partial charge < -0.3 is 14.4 Å². The van der Waals surface area contributed by atoms with Crippen LogP contribution in [-0.2, 0) is 9.53 Å². The molecule has 20 heavy (non-hydrogen) atoms. The molecule has 1 saturated heterocycles. The quantitative estimate of drug-likeness (QED) is 0.849. The molecule has 1 aliphatic heterocycles. The van der Waals surface area contributed by atoms with E-state index in [1.165, 1.54) is 6.07 Å². The predicted molar refractivity (Wildman–Crippen MR) is 73.1 cm³/mol. The van der Waals surface area contributed by atoms with E-state index >= 15 is 0 Å². The van der Waals surface area contributed by atoms with Crippen molar-refractivity contribution in [3.63, 3.8) is 0 Å². The van der Waals surface area contributed by atoms with Gasteiger partial charge in [0.25, 0.3) is 0 Å². The van der Waals surface area contributed by atoms with Gasteiger partial charge in [-0.15, -0.1) is 0 Å². The van der Waals surface area contributed by atoms with Gasteiger partial charge in [-0.1, -0.05) is 12.1 Å². The summed E-state index contributed by atoms with van der Waals surface area (Å²) in [5.41, 5.74) is 0. The molecule has 0 aliphatic carbocycles. The number of carbonyl (C=O) groups is 1. The third kappa shape index (κ3) is 3.93. The van der Waals surface area contributed by atoms with Gasteiger partial charge in [0.2, 0.25) is 5.91 Å². The molecular formula is C15H20FNO3. The summed E-state index contributed by atoms with van der Waals surface area (Å²) in [5.74, 6) is -0.207. The Kier molecular flexibility index (Phi) is 4.95. The lowest BCUT2D eigenvalue weighted by molar-refractivity contribution is -0.143. The fourth-order valence-electron chi connectivity index (χ4n) is 2.35. The SMILES string of the molecule is C[C@@H]1CN(C(=O)CCOc2ccccc2F)C[C@@H](C)O1. The highest BCUT2D eigenvalue weighted by Gasteiger charge is 2.25. The Bertz CT molecular complexity index is 456. The summed E-state index contributed by atoms with van der Waals surface area (Å²) in [6, 6.07) is 6.19. The molecule has 1 aromatic carbocycles. The maximum Gasteiger partial charge on any atom is 0.226 e. The molecule has 2 rings (SSSR count). The summed E-state index contributed by atoms with van der Waals surface area (Å²) in [7, 11) is 0. The van der Waals surface area contributed by atoms with Crippen molar-refractivity contribution in [1.82, 2.24) is 4.90 Å². The highest BCUT2D eigenvalue weighted by molar-refractivity contribution is 5.76. The lowest BCUT2D eigenvalue weighted by Crippen LogP contribution is -2.48. The summed E-state index contributed by atoms with van der Waals surface area (Å²) in [6.45, 7) is 5.28. The van der Waals surface area contributed by atoms with Crippen molar-refractivity contribution < 1.29 is 18.7 Å². The number of rotatable bonds is 4. The number of benzene rings is 1.